The Morgan fingerprint density at radius 2 is 1.70 bits per heavy atom. The van der Waals surface area contributed by atoms with E-state index in [1.54, 1.807) is 36.4 Å². The van der Waals surface area contributed by atoms with Gasteiger partial charge in [0.15, 0.2) is 5.78 Å². The molecule has 0 aliphatic heterocycles. The number of rotatable bonds is 5. The Hall–Kier alpha value is -1.35. The zero-order chi connectivity index (χ0) is 19.4. The monoisotopic (exact) mass is 422 g/mol. The third-order valence-corrected chi connectivity index (χ3v) is 6.27. The van der Waals surface area contributed by atoms with E-state index >= 15 is 0 Å². The van der Waals surface area contributed by atoms with Crippen molar-refractivity contribution < 1.29 is 9.59 Å². The number of hydrogen-bond donors (Lipinski definition) is 0. The molecule has 27 heavy (non-hydrogen) atoms. The largest absolute Gasteiger partial charge is 0.299 e. The van der Waals surface area contributed by atoms with Gasteiger partial charge in [0.2, 0.25) is 0 Å². The predicted molar refractivity (Wildman–Crippen MR) is 111 cm³/mol. The van der Waals surface area contributed by atoms with Gasteiger partial charge in [0.05, 0.1) is 10.0 Å². The first kappa shape index (κ1) is 20.4. The number of halogens is 3. The van der Waals surface area contributed by atoms with Crippen molar-refractivity contribution in [2.75, 3.05) is 0 Å². The van der Waals surface area contributed by atoms with E-state index in [1.165, 1.54) is 0 Å². The van der Waals surface area contributed by atoms with Crippen molar-refractivity contribution in [1.82, 2.24) is 0 Å². The lowest BCUT2D eigenvalue weighted by molar-refractivity contribution is -0.123. The van der Waals surface area contributed by atoms with Crippen molar-refractivity contribution in [2.45, 2.75) is 44.4 Å². The standard InChI is InChI=1S/C22H21Cl3O2/c23-16-9-6-14(7-10-16)22(27)13-18(15-8-11-19(24)20(25)12-15)17-4-2-1-3-5-21(17)26/h6-12,17-18H,1-5,13H2. The molecule has 1 aliphatic rings. The Morgan fingerprint density at radius 1 is 0.963 bits per heavy atom. The summed E-state index contributed by atoms with van der Waals surface area (Å²) in [6, 6.07) is 12.3. The molecule has 0 radical (unpaired) electrons. The lowest BCUT2D eigenvalue weighted by atomic mass is 9.77. The van der Waals surface area contributed by atoms with Crippen molar-refractivity contribution in [3.05, 3.63) is 68.7 Å². The maximum absolute atomic E-state index is 12.9. The van der Waals surface area contributed by atoms with Gasteiger partial charge in [-0.3, -0.25) is 9.59 Å². The predicted octanol–water partition coefficient (Wildman–Crippen LogP) is 7.15. The van der Waals surface area contributed by atoms with Gasteiger partial charge < -0.3 is 0 Å². The second-order valence-electron chi connectivity index (χ2n) is 7.09. The first-order valence-corrected chi connectivity index (χ1v) is 10.4. The molecule has 0 saturated heterocycles. The molecule has 0 spiro atoms. The van der Waals surface area contributed by atoms with Crippen LogP contribution in [0.4, 0.5) is 0 Å². The molecule has 5 heteroatoms. The van der Waals surface area contributed by atoms with Gasteiger partial charge in [-0.25, -0.2) is 0 Å². The molecule has 142 valence electrons. The third-order valence-electron chi connectivity index (χ3n) is 5.28. The van der Waals surface area contributed by atoms with Gasteiger partial charge in [-0.2, -0.15) is 0 Å². The lowest BCUT2D eigenvalue weighted by Gasteiger charge is -2.25. The minimum atomic E-state index is -0.200. The van der Waals surface area contributed by atoms with Crippen molar-refractivity contribution in [1.29, 1.82) is 0 Å². The van der Waals surface area contributed by atoms with Crippen LogP contribution in [-0.4, -0.2) is 11.6 Å². The summed E-state index contributed by atoms with van der Waals surface area (Å²) in [5.41, 5.74) is 1.50. The minimum Gasteiger partial charge on any atom is -0.299 e. The van der Waals surface area contributed by atoms with Gasteiger partial charge in [0.1, 0.15) is 5.78 Å². The van der Waals surface area contributed by atoms with E-state index in [2.05, 4.69) is 0 Å². The molecule has 0 heterocycles. The van der Waals surface area contributed by atoms with Gasteiger partial charge in [-0.05, 0) is 54.8 Å². The molecular formula is C22H21Cl3O2. The number of carbonyl (C=O) groups is 2. The zero-order valence-electron chi connectivity index (χ0n) is 14.9. The van der Waals surface area contributed by atoms with Gasteiger partial charge in [-0.1, -0.05) is 53.7 Å². The van der Waals surface area contributed by atoms with Crippen LogP contribution in [0.15, 0.2) is 42.5 Å². The minimum absolute atomic E-state index is 0.000198. The summed E-state index contributed by atoms with van der Waals surface area (Å²) in [5, 5.41) is 1.50. The number of Topliss-reactive ketones (excluding diaryl/α,β-unsaturated/α-hetero) is 2. The molecular weight excluding hydrogens is 403 g/mol. The van der Waals surface area contributed by atoms with E-state index < -0.39 is 0 Å². The topological polar surface area (TPSA) is 34.1 Å². The highest BCUT2D eigenvalue weighted by Crippen LogP contribution is 2.38. The fraction of sp³-hybridized carbons (Fsp3) is 0.364. The Labute approximate surface area is 174 Å². The number of ketones is 2. The van der Waals surface area contributed by atoms with E-state index in [-0.39, 0.29) is 29.8 Å². The first-order chi connectivity index (χ1) is 13.0. The molecule has 1 aliphatic carbocycles. The summed E-state index contributed by atoms with van der Waals surface area (Å²) in [6.45, 7) is 0. The highest BCUT2D eigenvalue weighted by atomic mass is 35.5. The van der Waals surface area contributed by atoms with E-state index in [4.69, 9.17) is 34.8 Å². The quantitative estimate of drug-likeness (QED) is 0.378. The summed E-state index contributed by atoms with van der Waals surface area (Å²) in [4.78, 5) is 25.7. The molecule has 0 bridgehead atoms. The van der Waals surface area contributed by atoms with Crippen LogP contribution in [0.25, 0.3) is 0 Å². The molecule has 0 amide bonds. The highest BCUT2D eigenvalue weighted by Gasteiger charge is 2.32. The SMILES string of the molecule is O=C(CC(c1ccc(Cl)c(Cl)c1)C1CCCCCC1=O)c1ccc(Cl)cc1. The molecule has 2 unspecified atom stereocenters. The van der Waals surface area contributed by atoms with E-state index in [1.807, 2.05) is 6.07 Å². The van der Waals surface area contributed by atoms with Crippen molar-refractivity contribution in [3.63, 3.8) is 0 Å². The molecule has 1 fully saturated rings. The van der Waals surface area contributed by atoms with Crippen LogP contribution in [-0.2, 0) is 4.79 Å². The van der Waals surface area contributed by atoms with Gasteiger partial charge in [0, 0.05) is 35.3 Å². The maximum Gasteiger partial charge on any atom is 0.163 e. The normalized spacial score (nSPS) is 18.8. The molecule has 1 saturated carbocycles. The Kier molecular flexibility index (Phi) is 6.97. The summed E-state index contributed by atoms with van der Waals surface area (Å²) >= 11 is 18.2. The van der Waals surface area contributed by atoms with Crippen molar-refractivity contribution in [3.8, 4) is 0 Å². The summed E-state index contributed by atoms with van der Waals surface area (Å²) < 4.78 is 0. The molecule has 3 rings (SSSR count). The van der Waals surface area contributed by atoms with Crippen LogP contribution >= 0.6 is 34.8 Å². The van der Waals surface area contributed by atoms with Crippen LogP contribution in [0.1, 0.15) is 60.4 Å². The van der Waals surface area contributed by atoms with Crippen LogP contribution in [0, 0.1) is 5.92 Å². The molecule has 2 atom stereocenters. The number of benzene rings is 2. The highest BCUT2D eigenvalue weighted by molar-refractivity contribution is 6.42. The average Bonchev–Trinajstić information content (AvgIpc) is 2.87. The second-order valence-corrected chi connectivity index (χ2v) is 8.34. The summed E-state index contributed by atoms with van der Waals surface area (Å²) in [5.74, 6) is -0.123. The molecule has 2 aromatic carbocycles. The molecule has 2 aromatic rings. The third kappa shape index (κ3) is 5.13. The number of carbonyl (C=O) groups excluding carboxylic acids is 2. The van der Waals surface area contributed by atoms with Crippen LogP contribution in [0.5, 0.6) is 0 Å². The maximum atomic E-state index is 12.9. The fourth-order valence-electron chi connectivity index (χ4n) is 3.80. The Balaban J connectivity index is 1.93. The van der Waals surface area contributed by atoms with Crippen molar-refractivity contribution in [2.24, 2.45) is 5.92 Å². The van der Waals surface area contributed by atoms with Crippen LogP contribution in [0.2, 0.25) is 15.1 Å². The first-order valence-electron chi connectivity index (χ1n) is 9.22. The smallest absolute Gasteiger partial charge is 0.163 e. The van der Waals surface area contributed by atoms with E-state index in [0.29, 0.717) is 27.1 Å². The lowest BCUT2D eigenvalue weighted by Crippen LogP contribution is -2.24. The number of hydrogen-bond acceptors (Lipinski definition) is 2. The Morgan fingerprint density at radius 3 is 2.41 bits per heavy atom. The zero-order valence-corrected chi connectivity index (χ0v) is 17.2. The Bertz CT molecular complexity index is 830. The van der Waals surface area contributed by atoms with E-state index in [0.717, 1.165) is 31.2 Å². The summed E-state index contributed by atoms with van der Waals surface area (Å²) in [6.07, 6.45) is 4.63. The van der Waals surface area contributed by atoms with Crippen molar-refractivity contribution >= 4 is 46.4 Å². The van der Waals surface area contributed by atoms with Crippen LogP contribution < -0.4 is 0 Å². The van der Waals surface area contributed by atoms with Crippen LogP contribution in [0.3, 0.4) is 0 Å². The fourth-order valence-corrected chi connectivity index (χ4v) is 4.23. The molecule has 2 nitrogen and oxygen atoms in total. The average molecular weight is 424 g/mol. The van der Waals surface area contributed by atoms with E-state index in [9.17, 15) is 9.59 Å². The molecule has 0 aromatic heterocycles. The second kappa shape index (κ2) is 9.23. The van der Waals surface area contributed by atoms with Gasteiger partial charge in [-0.15, -0.1) is 0 Å². The molecule has 0 N–H and O–H groups in total. The summed E-state index contributed by atoms with van der Waals surface area (Å²) in [7, 11) is 0. The van der Waals surface area contributed by atoms with Gasteiger partial charge >= 0.3 is 0 Å². The van der Waals surface area contributed by atoms with Gasteiger partial charge in [0.25, 0.3) is 0 Å².